The van der Waals surface area contributed by atoms with Crippen LogP contribution >= 0.6 is 0 Å². The summed E-state index contributed by atoms with van der Waals surface area (Å²) >= 11 is 0. The Hall–Kier alpha value is -4.24. The summed E-state index contributed by atoms with van der Waals surface area (Å²) in [5.41, 5.74) is -1.16. The summed E-state index contributed by atoms with van der Waals surface area (Å²) in [6.07, 6.45) is -1.83. The van der Waals surface area contributed by atoms with E-state index in [4.69, 9.17) is 0 Å². The van der Waals surface area contributed by atoms with E-state index in [0.29, 0.717) is 41.3 Å². The second kappa shape index (κ2) is 8.95. The first-order valence-electron chi connectivity index (χ1n) is 11.5. The Morgan fingerprint density at radius 2 is 1.87 bits per heavy atom. The third kappa shape index (κ3) is 4.18. The lowest BCUT2D eigenvalue weighted by Crippen LogP contribution is -2.15. The fourth-order valence-electron chi connectivity index (χ4n) is 4.65. The van der Waals surface area contributed by atoms with Gasteiger partial charge in [0.2, 0.25) is 0 Å². The molecule has 0 bridgehead atoms. The molecule has 2 aromatic carbocycles. The fourth-order valence-corrected chi connectivity index (χ4v) is 5.11. The summed E-state index contributed by atoms with van der Waals surface area (Å²) in [5, 5.41) is 9.75. The lowest BCUT2D eigenvalue weighted by molar-refractivity contribution is -0.137. The summed E-state index contributed by atoms with van der Waals surface area (Å²) in [4.78, 5) is 19.5. The van der Waals surface area contributed by atoms with Crippen molar-refractivity contribution in [3.8, 4) is 17.2 Å². The van der Waals surface area contributed by atoms with Gasteiger partial charge in [-0.25, -0.2) is 0 Å². The van der Waals surface area contributed by atoms with Crippen molar-refractivity contribution in [3.05, 3.63) is 70.1 Å². The number of alkyl halides is 3. The number of rotatable bonds is 5. The minimum Gasteiger partial charge on any atom is -0.340 e. The van der Waals surface area contributed by atoms with Gasteiger partial charge in [-0.3, -0.25) is 9.78 Å². The highest BCUT2D eigenvalue weighted by Gasteiger charge is 2.35. The molecule has 3 aromatic heterocycles. The minimum atomic E-state index is -5.23. The largest absolute Gasteiger partial charge is 0.417 e. The number of hydrogen-bond donors (Lipinski definition) is 1. The van der Waals surface area contributed by atoms with Crippen molar-refractivity contribution in [3.63, 3.8) is 0 Å². The van der Waals surface area contributed by atoms with Gasteiger partial charge in [0, 0.05) is 40.8 Å². The monoisotopic (exact) mass is 542 g/mol. The predicted molar refractivity (Wildman–Crippen MR) is 134 cm³/mol. The first-order chi connectivity index (χ1) is 17.9. The van der Waals surface area contributed by atoms with Crippen LogP contribution in [0.5, 0.6) is 0 Å². The zero-order valence-electron chi connectivity index (χ0n) is 19.7. The zero-order valence-corrected chi connectivity index (χ0v) is 20.5. The first kappa shape index (κ1) is 25.4. The fraction of sp³-hybridized carbons (Fsp3) is 0.192. The van der Waals surface area contributed by atoms with E-state index in [0.717, 1.165) is 30.8 Å². The topological polar surface area (TPSA) is 109 Å². The van der Waals surface area contributed by atoms with Crippen molar-refractivity contribution in [1.82, 2.24) is 14.5 Å². The van der Waals surface area contributed by atoms with Gasteiger partial charge in [0.15, 0.2) is 5.43 Å². The van der Waals surface area contributed by atoms with E-state index in [-0.39, 0.29) is 21.9 Å². The quantitative estimate of drug-likeness (QED) is 0.215. The molecule has 0 amide bonds. The van der Waals surface area contributed by atoms with Gasteiger partial charge in [0.25, 0.3) is 0 Å². The van der Waals surface area contributed by atoms with Crippen molar-refractivity contribution in [2.75, 3.05) is 0 Å². The molecule has 0 spiro atoms. The van der Waals surface area contributed by atoms with Crippen molar-refractivity contribution in [1.29, 1.82) is 5.26 Å². The Morgan fingerprint density at radius 1 is 1.11 bits per heavy atom. The van der Waals surface area contributed by atoms with Crippen molar-refractivity contribution >= 4 is 43.1 Å². The number of H-pyrrole nitrogens is 1. The van der Waals surface area contributed by atoms with Crippen molar-refractivity contribution in [2.24, 2.45) is 0 Å². The Balaban J connectivity index is 1.95. The molecule has 0 fully saturated rings. The van der Waals surface area contributed by atoms with E-state index in [1.54, 1.807) is 16.7 Å². The van der Waals surface area contributed by atoms with Crippen LogP contribution < -0.4 is 5.43 Å². The molecule has 5 aromatic rings. The summed E-state index contributed by atoms with van der Waals surface area (Å²) in [6.45, 7) is 2.29. The third-order valence-corrected chi connectivity index (χ3v) is 7.21. The molecule has 0 aliphatic carbocycles. The molecule has 3 heterocycles. The lowest BCUT2D eigenvalue weighted by Gasteiger charge is -2.18. The maximum atomic E-state index is 14.3. The molecule has 38 heavy (non-hydrogen) atoms. The first-order valence-corrected chi connectivity index (χ1v) is 12.9. The number of unbranched alkanes of at least 4 members (excludes halogenated alkanes) is 1. The SMILES string of the molecule is CCCCn1c2cc(-c3cncc(S(=O)(=O)F)c3)c(C(F)(F)F)cc2c(=O)c2c3ccc(C#N)cc3[nH]c21. The number of pyridine rings is 2. The van der Waals surface area contributed by atoms with Gasteiger partial charge in [0.1, 0.15) is 10.5 Å². The van der Waals surface area contributed by atoms with Crippen LogP contribution in [-0.2, 0) is 22.9 Å². The van der Waals surface area contributed by atoms with Crippen molar-refractivity contribution in [2.45, 2.75) is 37.4 Å². The molecule has 0 aliphatic rings. The standard InChI is InChI=1S/C26H18F4N4O3S/c1-2-3-6-34-22-10-18(15-8-16(13-32-12-15)38(30,36)37)20(26(27,28)29)9-19(22)24(35)23-17-5-4-14(11-31)7-21(17)33-25(23)34/h4-5,7-10,12-13,33H,2-3,6H2,1H3. The molecule has 0 saturated carbocycles. The molecule has 5 rings (SSSR count). The number of nitriles is 1. The molecule has 0 radical (unpaired) electrons. The maximum Gasteiger partial charge on any atom is 0.417 e. The van der Waals surface area contributed by atoms with Crippen LogP contribution in [0.15, 0.2) is 58.5 Å². The highest BCUT2D eigenvalue weighted by molar-refractivity contribution is 7.86. The number of hydrogen-bond acceptors (Lipinski definition) is 5. The molecular weight excluding hydrogens is 524 g/mol. The van der Waals surface area contributed by atoms with E-state index in [2.05, 4.69) is 9.97 Å². The third-order valence-electron chi connectivity index (χ3n) is 6.42. The van der Waals surface area contributed by atoms with Crippen LogP contribution in [0, 0.1) is 11.3 Å². The molecule has 0 atom stereocenters. The number of aromatic amines is 1. The Labute approximate surface area is 213 Å². The van der Waals surface area contributed by atoms with Crippen LogP contribution in [0.2, 0.25) is 0 Å². The van der Waals surface area contributed by atoms with Gasteiger partial charge < -0.3 is 9.55 Å². The lowest BCUT2D eigenvalue weighted by atomic mass is 9.97. The van der Waals surface area contributed by atoms with Gasteiger partial charge in [-0.05, 0) is 42.3 Å². The average Bonchev–Trinajstić information content (AvgIpc) is 3.25. The van der Waals surface area contributed by atoms with Crippen molar-refractivity contribution < 1.29 is 25.5 Å². The number of benzene rings is 2. The molecule has 194 valence electrons. The van der Waals surface area contributed by atoms with Gasteiger partial charge in [0.05, 0.1) is 28.1 Å². The van der Waals surface area contributed by atoms with E-state index < -0.39 is 37.9 Å². The van der Waals surface area contributed by atoms with E-state index >= 15 is 0 Å². The smallest absolute Gasteiger partial charge is 0.340 e. The molecule has 1 N–H and O–H groups in total. The second-order valence-corrected chi connectivity index (χ2v) is 10.2. The number of nitrogens with zero attached hydrogens (tertiary/aromatic N) is 3. The molecule has 7 nitrogen and oxygen atoms in total. The van der Waals surface area contributed by atoms with Gasteiger partial charge in [-0.1, -0.05) is 19.4 Å². The normalized spacial score (nSPS) is 12.4. The maximum absolute atomic E-state index is 14.3. The van der Waals surface area contributed by atoms with Crippen LogP contribution in [0.25, 0.3) is 44.0 Å². The molecular formula is C26H18F4N4O3S. The van der Waals surface area contributed by atoms with Crippen LogP contribution in [-0.4, -0.2) is 23.0 Å². The van der Waals surface area contributed by atoms with Gasteiger partial charge in [-0.15, -0.1) is 3.89 Å². The predicted octanol–water partition coefficient (Wildman–Crippen LogP) is 6.05. The van der Waals surface area contributed by atoms with Gasteiger partial charge in [-0.2, -0.15) is 26.9 Å². The number of halogens is 4. The van der Waals surface area contributed by atoms with Crippen LogP contribution in [0.3, 0.4) is 0 Å². The molecule has 0 aliphatic heterocycles. The van der Waals surface area contributed by atoms with E-state index in [1.807, 2.05) is 13.0 Å². The van der Waals surface area contributed by atoms with Gasteiger partial charge >= 0.3 is 16.4 Å². The minimum absolute atomic E-state index is 0.180. The Bertz CT molecular complexity index is 1970. The van der Waals surface area contributed by atoms with Crippen LogP contribution in [0.4, 0.5) is 17.1 Å². The number of nitrogens with one attached hydrogen (secondary N) is 1. The molecule has 12 heteroatoms. The number of aromatic nitrogens is 3. The zero-order chi connectivity index (χ0) is 27.4. The number of aryl methyl sites for hydroxylation is 1. The summed E-state index contributed by atoms with van der Waals surface area (Å²) in [5.74, 6) is 0. The van der Waals surface area contributed by atoms with Crippen LogP contribution in [0.1, 0.15) is 30.9 Å². The summed E-state index contributed by atoms with van der Waals surface area (Å²) in [6, 6.07) is 9.37. The Kier molecular flexibility index (Phi) is 5.99. The highest BCUT2D eigenvalue weighted by Crippen LogP contribution is 2.40. The Morgan fingerprint density at radius 3 is 2.53 bits per heavy atom. The summed E-state index contributed by atoms with van der Waals surface area (Å²) in [7, 11) is -5.23. The summed E-state index contributed by atoms with van der Waals surface area (Å²) < 4.78 is 80.9. The highest BCUT2D eigenvalue weighted by atomic mass is 32.3. The molecule has 0 unspecified atom stereocenters. The van der Waals surface area contributed by atoms with E-state index in [1.165, 1.54) is 6.07 Å². The van der Waals surface area contributed by atoms with E-state index in [9.17, 15) is 35.5 Å². The second-order valence-electron chi connectivity index (χ2n) is 8.81. The molecule has 0 saturated heterocycles. The average molecular weight is 543 g/mol. The number of fused-ring (bicyclic) bond motifs is 4.